The molecule has 5 heteroatoms. The molecule has 1 amide bonds. The van der Waals surface area contributed by atoms with Crippen molar-refractivity contribution in [2.75, 3.05) is 33.3 Å². The number of hydrogen-bond acceptors (Lipinski definition) is 3. The number of nitrogens with zero attached hydrogens (tertiary/aromatic N) is 1. The molecule has 0 heterocycles. The van der Waals surface area contributed by atoms with Crippen LogP contribution >= 0.6 is 15.9 Å². The number of amides is 1. The lowest BCUT2D eigenvalue weighted by Gasteiger charge is -2.17. The van der Waals surface area contributed by atoms with Crippen LogP contribution in [0.3, 0.4) is 0 Å². The van der Waals surface area contributed by atoms with Gasteiger partial charge in [-0.25, -0.2) is 0 Å². The molecular formula is C13H19BrN2O2. The average molecular weight is 315 g/mol. The molecular weight excluding hydrogens is 296 g/mol. The summed E-state index contributed by atoms with van der Waals surface area (Å²) in [6.45, 7) is 4.24. The van der Waals surface area contributed by atoms with E-state index in [2.05, 4.69) is 21.2 Å². The number of carbonyl (C=O) groups excluding carboxylic acids is 1. The Balaban J connectivity index is 2.24. The van der Waals surface area contributed by atoms with Crippen LogP contribution in [-0.4, -0.2) is 44.1 Å². The lowest BCUT2D eigenvalue weighted by Crippen LogP contribution is -2.37. The lowest BCUT2D eigenvalue weighted by atomic mass is 10.3. The van der Waals surface area contributed by atoms with Crippen LogP contribution in [0.5, 0.6) is 5.75 Å². The molecule has 1 aromatic rings. The van der Waals surface area contributed by atoms with E-state index >= 15 is 0 Å². The zero-order valence-corrected chi connectivity index (χ0v) is 12.4. The van der Waals surface area contributed by atoms with Crippen molar-refractivity contribution >= 4 is 21.8 Å². The molecule has 0 bridgehead atoms. The Hall–Kier alpha value is -1.07. The maximum atomic E-state index is 11.6. The normalized spacial score (nSPS) is 10.2. The van der Waals surface area contributed by atoms with Gasteiger partial charge in [0.1, 0.15) is 12.4 Å². The summed E-state index contributed by atoms with van der Waals surface area (Å²) < 4.78 is 6.57. The molecule has 18 heavy (non-hydrogen) atoms. The lowest BCUT2D eigenvalue weighted by molar-refractivity contribution is -0.129. The first-order valence-electron chi connectivity index (χ1n) is 5.96. The first-order valence-corrected chi connectivity index (χ1v) is 6.76. The minimum atomic E-state index is 0.0799. The average Bonchev–Trinajstić information content (AvgIpc) is 2.38. The minimum absolute atomic E-state index is 0.0799. The molecule has 0 unspecified atom stereocenters. The number of ether oxygens (including phenoxy) is 1. The highest BCUT2D eigenvalue weighted by Gasteiger charge is 2.07. The van der Waals surface area contributed by atoms with Crippen molar-refractivity contribution in [3.8, 4) is 5.75 Å². The van der Waals surface area contributed by atoms with E-state index in [0.29, 0.717) is 19.7 Å². The van der Waals surface area contributed by atoms with E-state index in [9.17, 15) is 4.79 Å². The predicted molar refractivity (Wildman–Crippen MR) is 75.8 cm³/mol. The summed E-state index contributed by atoms with van der Waals surface area (Å²) in [6.07, 6.45) is 0. The van der Waals surface area contributed by atoms with E-state index < -0.39 is 0 Å². The van der Waals surface area contributed by atoms with Crippen LogP contribution in [0, 0.1) is 0 Å². The van der Waals surface area contributed by atoms with E-state index in [0.717, 1.165) is 16.8 Å². The second kappa shape index (κ2) is 8.11. The fourth-order valence-electron chi connectivity index (χ4n) is 1.32. The van der Waals surface area contributed by atoms with Crippen LogP contribution < -0.4 is 10.1 Å². The standard InChI is InChI=1S/C13H19BrN2O2/c1-3-15-10-13(17)16(2)8-9-18-12-6-4-11(14)5-7-12/h4-7,15H,3,8-10H2,1-2H3. The van der Waals surface area contributed by atoms with Crippen LogP contribution in [0.1, 0.15) is 6.92 Å². The molecule has 1 aromatic carbocycles. The Morgan fingerprint density at radius 1 is 1.39 bits per heavy atom. The van der Waals surface area contributed by atoms with Crippen molar-refractivity contribution in [3.63, 3.8) is 0 Å². The van der Waals surface area contributed by atoms with Crippen LogP contribution in [0.2, 0.25) is 0 Å². The van der Waals surface area contributed by atoms with Crippen LogP contribution in [0.25, 0.3) is 0 Å². The summed E-state index contributed by atoms with van der Waals surface area (Å²) in [5.74, 6) is 0.891. The summed E-state index contributed by atoms with van der Waals surface area (Å²) in [6, 6.07) is 7.64. The molecule has 0 aliphatic rings. The van der Waals surface area contributed by atoms with Crippen molar-refractivity contribution < 1.29 is 9.53 Å². The predicted octanol–water partition coefficient (Wildman–Crippen LogP) is 1.90. The summed E-state index contributed by atoms with van der Waals surface area (Å²) in [5, 5.41) is 3.01. The van der Waals surface area contributed by atoms with Crippen LogP contribution in [-0.2, 0) is 4.79 Å². The fraction of sp³-hybridized carbons (Fsp3) is 0.462. The smallest absolute Gasteiger partial charge is 0.236 e. The summed E-state index contributed by atoms with van der Waals surface area (Å²) in [7, 11) is 1.78. The number of hydrogen-bond donors (Lipinski definition) is 1. The van der Waals surface area contributed by atoms with E-state index in [1.54, 1.807) is 11.9 Å². The van der Waals surface area contributed by atoms with Gasteiger partial charge < -0.3 is 15.0 Å². The van der Waals surface area contributed by atoms with Gasteiger partial charge in [-0.15, -0.1) is 0 Å². The first kappa shape index (κ1) is 15.0. The van der Waals surface area contributed by atoms with Crippen molar-refractivity contribution in [2.24, 2.45) is 0 Å². The molecule has 0 saturated carbocycles. The molecule has 0 radical (unpaired) electrons. The van der Waals surface area contributed by atoms with Crippen molar-refractivity contribution in [1.29, 1.82) is 0 Å². The maximum Gasteiger partial charge on any atom is 0.236 e. The molecule has 0 aromatic heterocycles. The third kappa shape index (κ3) is 5.51. The summed E-state index contributed by atoms with van der Waals surface area (Å²) in [4.78, 5) is 13.3. The Morgan fingerprint density at radius 3 is 2.67 bits per heavy atom. The number of nitrogens with one attached hydrogen (secondary N) is 1. The largest absolute Gasteiger partial charge is 0.492 e. The van der Waals surface area contributed by atoms with Crippen molar-refractivity contribution in [1.82, 2.24) is 10.2 Å². The third-order valence-electron chi connectivity index (χ3n) is 2.46. The molecule has 0 fully saturated rings. The van der Waals surface area contributed by atoms with E-state index in [-0.39, 0.29) is 5.91 Å². The van der Waals surface area contributed by atoms with Gasteiger partial charge in [-0.1, -0.05) is 22.9 Å². The first-order chi connectivity index (χ1) is 8.63. The van der Waals surface area contributed by atoms with E-state index in [4.69, 9.17) is 4.74 Å². The second-order valence-electron chi connectivity index (χ2n) is 3.90. The van der Waals surface area contributed by atoms with Gasteiger partial charge in [-0.2, -0.15) is 0 Å². The molecule has 0 saturated heterocycles. The summed E-state index contributed by atoms with van der Waals surface area (Å²) in [5.41, 5.74) is 0. The monoisotopic (exact) mass is 314 g/mol. The number of likely N-dealkylation sites (N-methyl/N-ethyl adjacent to an activating group) is 2. The summed E-state index contributed by atoms with van der Waals surface area (Å²) >= 11 is 3.36. The Morgan fingerprint density at radius 2 is 2.06 bits per heavy atom. The van der Waals surface area contributed by atoms with Gasteiger partial charge in [0.2, 0.25) is 5.91 Å². The van der Waals surface area contributed by atoms with Gasteiger partial charge >= 0.3 is 0 Å². The zero-order valence-electron chi connectivity index (χ0n) is 10.8. The van der Waals surface area contributed by atoms with Gasteiger partial charge in [0.15, 0.2) is 0 Å². The molecule has 0 aliphatic carbocycles. The fourth-order valence-corrected chi connectivity index (χ4v) is 1.59. The van der Waals surface area contributed by atoms with E-state index in [1.165, 1.54) is 0 Å². The van der Waals surface area contributed by atoms with Gasteiger partial charge in [0, 0.05) is 11.5 Å². The zero-order chi connectivity index (χ0) is 13.4. The van der Waals surface area contributed by atoms with E-state index in [1.807, 2.05) is 31.2 Å². The number of benzene rings is 1. The van der Waals surface area contributed by atoms with Gasteiger partial charge in [0.05, 0.1) is 13.1 Å². The molecule has 1 rings (SSSR count). The number of carbonyl (C=O) groups is 1. The molecule has 0 aliphatic heterocycles. The van der Waals surface area contributed by atoms with Crippen LogP contribution in [0.4, 0.5) is 0 Å². The van der Waals surface area contributed by atoms with Gasteiger partial charge in [-0.3, -0.25) is 4.79 Å². The highest BCUT2D eigenvalue weighted by Crippen LogP contribution is 2.15. The SMILES string of the molecule is CCNCC(=O)N(C)CCOc1ccc(Br)cc1. The Kier molecular flexibility index (Phi) is 6.75. The quantitative estimate of drug-likeness (QED) is 0.835. The van der Waals surface area contributed by atoms with Gasteiger partial charge in [-0.05, 0) is 30.8 Å². The second-order valence-corrected chi connectivity index (χ2v) is 4.81. The minimum Gasteiger partial charge on any atom is -0.492 e. The number of halogens is 1. The van der Waals surface area contributed by atoms with Crippen molar-refractivity contribution in [3.05, 3.63) is 28.7 Å². The molecule has 100 valence electrons. The molecule has 1 N–H and O–H groups in total. The molecule has 0 atom stereocenters. The third-order valence-corrected chi connectivity index (χ3v) is 2.99. The maximum absolute atomic E-state index is 11.6. The number of rotatable bonds is 7. The van der Waals surface area contributed by atoms with Crippen molar-refractivity contribution in [2.45, 2.75) is 6.92 Å². The highest BCUT2D eigenvalue weighted by molar-refractivity contribution is 9.10. The Bertz CT molecular complexity index is 368. The topological polar surface area (TPSA) is 41.6 Å². The van der Waals surface area contributed by atoms with Gasteiger partial charge in [0.25, 0.3) is 0 Å². The molecule has 0 spiro atoms. The highest BCUT2D eigenvalue weighted by atomic mass is 79.9. The molecule has 4 nitrogen and oxygen atoms in total. The van der Waals surface area contributed by atoms with Crippen LogP contribution in [0.15, 0.2) is 28.7 Å². The Labute approximate surface area is 116 Å².